The number of fused-ring (bicyclic) bond motifs is 1. The van der Waals surface area contributed by atoms with Crippen molar-refractivity contribution in [2.75, 3.05) is 13.9 Å². The van der Waals surface area contributed by atoms with E-state index in [0.29, 0.717) is 28.2 Å². The van der Waals surface area contributed by atoms with Gasteiger partial charge in [-0.05, 0) is 59.7 Å². The molecule has 0 fully saturated rings. The van der Waals surface area contributed by atoms with E-state index in [1.54, 1.807) is 60.7 Å². The molecule has 4 rings (SSSR count). The second-order valence-electron chi connectivity index (χ2n) is 7.12. The van der Waals surface area contributed by atoms with Crippen molar-refractivity contribution in [1.82, 2.24) is 10.7 Å². The summed E-state index contributed by atoms with van der Waals surface area (Å²) >= 11 is 0. The van der Waals surface area contributed by atoms with Crippen LogP contribution >= 0.6 is 0 Å². The highest BCUT2D eigenvalue weighted by molar-refractivity contribution is 6.05. The lowest BCUT2D eigenvalue weighted by atomic mass is 10.1. The van der Waals surface area contributed by atoms with Crippen LogP contribution < -0.4 is 25.0 Å². The minimum absolute atomic E-state index is 0.0127. The molecule has 34 heavy (non-hydrogen) atoms. The van der Waals surface area contributed by atoms with Crippen LogP contribution in [-0.2, 0) is 4.79 Å². The molecule has 0 atom stereocenters. The molecule has 2 amide bonds. The van der Waals surface area contributed by atoms with Crippen LogP contribution in [0.3, 0.4) is 0 Å². The minimum Gasteiger partial charge on any atom is -0.504 e. The van der Waals surface area contributed by atoms with E-state index in [0.717, 1.165) is 0 Å². The van der Waals surface area contributed by atoms with Crippen molar-refractivity contribution in [3.05, 3.63) is 89.1 Å². The molecule has 0 aliphatic carbocycles. The molecule has 0 bridgehead atoms. The van der Waals surface area contributed by atoms with Crippen LogP contribution in [0.25, 0.3) is 6.08 Å². The first-order valence-electron chi connectivity index (χ1n) is 10.2. The summed E-state index contributed by atoms with van der Waals surface area (Å²) in [5.41, 5.74) is 3.98. The normalized spacial score (nSPS) is 12.4. The van der Waals surface area contributed by atoms with Crippen molar-refractivity contribution in [3.8, 4) is 23.0 Å². The number of hydrogen-bond acceptors (Lipinski definition) is 7. The van der Waals surface area contributed by atoms with Crippen LogP contribution in [0.4, 0.5) is 0 Å². The Hall–Kier alpha value is -4.79. The molecule has 0 saturated heterocycles. The number of hydrogen-bond donors (Lipinski definition) is 3. The predicted molar refractivity (Wildman–Crippen MR) is 125 cm³/mol. The summed E-state index contributed by atoms with van der Waals surface area (Å²) in [6, 6.07) is 18.3. The third kappa shape index (κ3) is 5.33. The molecule has 9 nitrogen and oxygen atoms in total. The summed E-state index contributed by atoms with van der Waals surface area (Å²) in [5, 5.41) is 16.3. The number of aromatic hydroxyl groups is 1. The monoisotopic (exact) mass is 459 g/mol. The zero-order valence-corrected chi connectivity index (χ0v) is 18.1. The Bertz CT molecular complexity index is 1270. The number of hydrazone groups is 1. The van der Waals surface area contributed by atoms with E-state index in [1.165, 1.54) is 25.5 Å². The van der Waals surface area contributed by atoms with Gasteiger partial charge < -0.3 is 24.6 Å². The highest BCUT2D eigenvalue weighted by atomic mass is 16.7. The van der Waals surface area contributed by atoms with E-state index in [2.05, 4.69) is 15.8 Å². The number of nitrogens with one attached hydrogen (secondary N) is 2. The van der Waals surface area contributed by atoms with Gasteiger partial charge in [0.05, 0.1) is 13.3 Å². The smallest absolute Gasteiger partial charge is 0.287 e. The van der Waals surface area contributed by atoms with E-state index >= 15 is 0 Å². The highest BCUT2D eigenvalue weighted by Crippen LogP contribution is 2.33. The van der Waals surface area contributed by atoms with Gasteiger partial charge in [0.1, 0.15) is 5.70 Å². The molecule has 1 heterocycles. The molecule has 0 saturated carbocycles. The van der Waals surface area contributed by atoms with Gasteiger partial charge in [-0.2, -0.15) is 5.10 Å². The number of carbonyl (C=O) groups excluding carboxylic acids is 2. The van der Waals surface area contributed by atoms with Gasteiger partial charge in [0.2, 0.25) is 6.79 Å². The fourth-order valence-electron chi connectivity index (χ4n) is 3.11. The fraction of sp³-hybridized carbons (Fsp3) is 0.0800. The lowest BCUT2D eigenvalue weighted by Crippen LogP contribution is -2.32. The summed E-state index contributed by atoms with van der Waals surface area (Å²) in [6.07, 6.45) is 2.90. The second kappa shape index (κ2) is 10.2. The summed E-state index contributed by atoms with van der Waals surface area (Å²) in [6.45, 7) is 0.122. The van der Waals surface area contributed by atoms with Crippen LogP contribution in [0.5, 0.6) is 23.0 Å². The number of carbonyl (C=O) groups is 2. The number of amides is 2. The van der Waals surface area contributed by atoms with Crippen LogP contribution in [0, 0.1) is 0 Å². The van der Waals surface area contributed by atoms with Gasteiger partial charge in [0.15, 0.2) is 23.0 Å². The molecule has 0 radical (unpaired) electrons. The third-order valence-electron chi connectivity index (χ3n) is 4.82. The Morgan fingerprint density at radius 3 is 2.56 bits per heavy atom. The molecule has 172 valence electrons. The van der Waals surface area contributed by atoms with E-state index in [-0.39, 0.29) is 24.0 Å². The molecular formula is C25H21N3O6. The number of benzene rings is 3. The predicted octanol–water partition coefficient (Wildman–Crippen LogP) is 3.05. The van der Waals surface area contributed by atoms with Crippen LogP contribution in [0.1, 0.15) is 21.5 Å². The first kappa shape index (κ1) is 22.4. The van der Waals surface area contributed by atoms with Crippen molar-refractivity contribution >= 4 is 24.1 Å². The van der Waals surface area contributed by atoms with Crippen molar-refractivity contribution in [2.24, 2.45) is 5.10 Å². The molecule has 3 aromatic carbocycles. The molecule has 9 heteroatoms. The Morgan fingerprint density at radius 2 is 1.76 bits per heavy atom. The summed E-state index contributed by atoms with van der Waals surface area (Å²) < 4.78 is 15.8. The fourth-order valence-corrected chi connectivity index (χ4v) is 3.11. The molecular weight excluding hydrogens is 438 g/mol. The van der Waals surface area contributed by atoms with Gasteiger partial charge in [-0.3, -0.25) is 9.59 Å². The first-order valence-corrected chi connectivity index (χ1v) is 10.2. The standard InChI is InChI=1S/C25H21N3O6/c1-32-22-13-17(7-9-20(22)29)14-26-28-25(31)19(27-24(30)18-5-3-2-4-6-18)11-16-8-10-21-23(12-16)34-15-33-21/h2-14,29H,15H2,1H3,(H,27,30)(H,28,31)/b19-11+,26-14?. The lowest BCUT2D eigenvalue weighted by Gasteiger charge is -2.09. The molecule has 3 aromatic rings. The average Bonchev–Trinajstić information content (AvgIpc) is 3.33. The number of phenolic OH excluding ortho intramolecular Hbond substituents is 1. The van der Waals surface area contributed by atoms with Crippen LogP contribution in [-0.4, -0.2) is 37.0 Å². The highest BCUT2D eigenvalue weighted by Gasteiger charge is 2.17. The number of phenols is 1. The first-order chi connectivity index (χ1) is 16.5. The third-order valence-corrected chi connectivity index (χ3v) is 4.82. The van der Waals surface area contributed by atoms with Crippen LogP contribution in [0.15, 0.2) is 77.5 Å². The summed E-state index contributed by atoms with van der Waals surface area (Å²) in [4.78, 5) is 25.6. The molecule has 0 spiro atoms. The number of ether oxygens (including phenoxy) is 3. The number of nitrogens with zero attached hydrogens (tertiary/aromatic N) is 1. The Kier molecular flexibility index (Phi) is 6.73. The van der Waals surface area contributed by atoms with Gasteiger partial charge >= 0.3 is 0 Å². The average molecular weight is 459 g/mol. The Morgan fingerprint density at radius 1 is 1.00 bits per heavy atom. The molecule has 3 N–H and O–H groups in total. The van der Waals surface area contributed by atoms with E-state index < -0.39 is 11.8 Å². The number of rotatable bonds is 7. The zero-order chi connectivity index (χ0) is 23.9. The zero-order valence-electron chi connectivity index (χ0n) is 18.1. The lowest BCUT2D eigenvalue weighted by molar-refractivity contribution is -0.117. The van der Waals surface area contributed by atoms with Crippen molar-refractivity contribution < 1.29 is 28.9 Å². The van der Waals surface area contributed by atoms with Crippen molar-refractivity contribution in [3.63, 3.8) is 0 Å². The maximum Gasteiger partial charge on any atom is 0.287 e. The topological polar surface area (TPSA) is 118 Å². The van der Waals surface area contributed by atoms with E-state index in [1.807, 2.05) is 0 Å². The molecule has 0 aromatic heterocycles. The van der Waals surface area contributed by atoms with Gasteiger partial charge in [-0.25, -0.2) is 5.43 Å². The molecule has 1 aliphatic heterocycles. The maximum absolute atomic E-state index is 12.9. The quantitative estimate of drug-likeness (QED) is 0.284. The van der Waals surface area contributed by atoms with Gasteiger partial charge in [0.25, 0.3) is 11.8 Å². The molecule has 1 aliphatic rings. The Labute approximate surface area is 195 Å². The van der Waals surface area contributed by atoms with Gasteiger partial charge in [0, 0.05) is 5.56 Å². The molecule has 0 unspecified atom stereocenters. The largest absolute Gasteiger partial charge is 0.504 e. The SMILES string of the molecule is COc1cc(C=NNC(=O)/C(=C\c2ccc3c(c2)OCO3)NC(=O)c2ccccc2)ccc1O. The van der Waals surface area contributed by atoms with E-state index in [4.69, 9.17) is 14.2 Å². The Balaban J connectivity index is 1.55. The van der Waals surface area contributed by atoms with E-state index in [9.17, 15) is 14.7 Å². The summed E-state index contributed by atoms with van der Waals surface area (Å²) in [5.74, 6) is 0.321. The van der Waals surface area contributed by atoms with Crippen molar-refractivity contribution in [2.45, 2.75) is 0 Å². The van der Waals surface area contributed by atoms with Gasteiger partial charge in [-0.1, -0.05) is 24.3 Å². The number of methoxy groups -OCH3 is 1. The van der Waals surface area contributed by atoms with Crippen LogP contribution in [0.2, 0.25) is 0 Å². The van der Waals surface area contributed by atoms with Gasteiger partial charge in [-0.15, -0.1) is 0 Å². The van der Waals surface area contributed by atoms with Crippen molar-refractivity contribution in [1.29, 1.82) is 0 Å². The maximum atomic E-state index is 12.9. The minimum atomic E-state index is -0.635. The summed E-state index contributed by atoms with van der Waals surface area (Å²) in [7, 11) is 1.43. The second-order valence-corrected chi connectivity index (χ2v) is 7.12.